The van der Waals surface area contributed by atoms with E-state index in [1.807, 2.05) is 31.2 Å². The summed E-state index contributed by atoms with van der Waals surface area (Å²) in [7, 11) is -3.27. The second-order valence-electron chi connectivity index (χ2n) is 6.11. The zero-order valence-electron chi connectivity index (χ0n) is 12.5. The molecule has 1 aromatic carbocycles. The van der Waals surface area contributed by atoms with Gasteiger partial charge in [-0.25, -0.2) is 8.42 Å². The fourth-order valence-electron chi connectivity index (χ4n) is 3.38. The quantitative estimate of drug-likeness (QED) is 0.862. The van der Waals surface area contributed by atoms with Gasteiger partial charge in [-0.1, -0.05) is 42.7 Å². The molecule has 1 aliphatic carbocycles. The number of sulfonamides is 1. The maximum atomic E-state index is 12.8. The average Bonchev–Trinajstić information content (AvgIpc) is 2.49. The smallest absolute Gasteiger partial charge is 0.218 e. The lowest BCUT2D eigenvalue weighted by Gasteiger charge is -2.42. The standard InChI is InChI=1S/C16H23NO3S/c1-13-6-8-14(9-7-13)12-21(18,19)17-10-11-20-16-5-3-2-4-15(16)17/h6-9,15-16H,2-5,10-12H2,1H3. The largest absolute Gasteiger partial charge is 0.375 e. The van der Waals surface area contributed by atoms with Crippen molar-refractivity contribution in [3.8, 4) is 0 Å². The van der Waals surface area contributed by atoms with E-state index in [0.717, 1.165) is 36.8 Å². The number of ether oxygens (including phenoxy) is 1. The number of nitrogens with zero attached hydrogens (tertiary/aromatic N) is 1. The van der Waals surface area contributed by atoms with E-state index in [1.165, 1.54) is 0 Å². The molecule has 1 aliphatic heterocycles. The molecular formula is C16H23NO3S. The van der Waals surface area contributed by atoms with Gasteiger partial charge in [0.15, 0.2) is 0 Å². The van der Waals surface area contributed by atoms with Crippen LogP contribution in [-0.2, 0) is 20.5 Å². The highest BCUT2D eigenvalue weighted by Crippen LogP contribution is 2.31. The third-order valence-electron chi connectivity index (χ3n) is 4.51. The summed E-state index contributed by atoms with van der Waals surface area (Å²) in [6, 6.07) is 7.79. The van der Waals surface area contributed by atoms with E-state index in [0.29, 0.717) is 13.2 Å². The molecule has 0 aromatic heterocycles. The van der Waals surface area contributed by atoms with Crippen molar-refractivity contribution in [1.82, 2.24) is 4.31 Å². The zero-order chi connectivity index (χ0) is 14.9. The van der Waals surface area contributed by atoms with E-state index in [-0.39, 0.29) is 17.9 Å². The topological polar surface area (TPSA) is 46.6 Å². The summed E-state index contributed by atoms with van der Waals surface area (Å²) in [6.07, 6.45) is 4.26. The van der Waals surface area contributed by atoms with Gasteiger partial charge in [0.1, 0.15) is 0 Å². The fourth-order valence-corrected chi connectivity index (χ4v) is 5.17. The lowest BCUT2D eigenvalue weighted by molar-refractivity contribution is -0.0586. The summed E-state index contributed by atoms with van der Waals surface area (Å²) in [4.78, 5) is 0. The first-order valence-corrected chi connectivity index (χ1v) is 9.34. The van der Waals surface area contributed by atoms with E-state index >= 15 is 0 Å². The van der Waals surface area contributed by atoms with E-state index in [1.54, 1.807) is 4.31 Å². The van der Waals surface area contributed by atoms with Crippen LogP contribution in [0.3, 0.4) is 0 Å². The summed E-state index contributed by atoms with van der Waals surface area (Å²) in [5.74, 6) is 0.0937. The van der Waals surface area contributed by atoms with Crippen LogP contribution in [0, 0.1) is 6.92 Å². The Morgan fingerprint density at radius 1 is 1.19 bits per heavy atom. The van der Waals surface area contributed by atoms with Gasteiger partial charge in [0, 0.05) is 6.54 Å². The summed E-state index contributed by atoms with van der Waals surface area (Å²) >= 11 is 0. The monoisotopic (exact) mass is 309 g/mol. The van der Waals surface area contributed by atoms with E-state index in [9.17, 15) is 8.42 Å². The van der Waals surface area contributed by atoms with Gasteiger partial charge in [-0.2, -0.15) is 4.31 Å². The summed E-state index contributed by atoms with van der Waals surface area (Å²) < 4.78 is 33.0. The summed E-state index contributed by atoms with van der Waals surface area (Å²) in [5.41, 5.74) is 2.01. The van der Waals surface area contributed by atoms with Gasteiger partial charge in [0.25, 0.3) is 0 Å². The van der Waals surface area contributed by atoms with Crippen LogP contribution in [0.4, 0.5) is 0 Å². The van der Waals surface area contributed by atoms with Crippen molar-refractivity contribution in [3.63, 3.8) is 0 Å². The second-order valence-corrected chi connectivity index (χ2v) is 8.04. The number of hydrogen-bond acceptors (Lipinski definition) is 3. The first-order valence-electron chi connectivity index (χ1n) is 7.73. The molecule has 1 heterocycles. The van der Waals surface area contributed by atoms with Crippen molar-refractivity contribution in [1.29, 1.82) is 0 Å². The molecule has 21 heavy (non-hydrogen) atoms. The van der Waals surface area contributed by atoms with Crippen LogP contribution in [0.2, 0.25) is 0 Å². The Bertz CT molecular complexity index is 580. The molecule has 0 amide bonds. The van der Waals surface area contributed by atoms with Crippen LogP contribution >= 0.6 is 0 Å². The first-order chi connectivity index (χ1) is 10.1. The van der Waals surface area contributed by atoms with Gasteiger partial charge in [-0.3, -0.25) is 0 Å². The van der Waals surface area contributed by atoms with Crippen molar-refractivity contribution < 1.29 is 13.2 Å². The molecule has 2 unspecified atom stereocenters. The Hall–Kier alpha value is -0.910. The van der Waals surface area contributed by atoms with Crippen LogP contribution in [0.5, 0.6) is 0 Å². The van der Waals surface area contributed by atoms with Crippen LogP contribution in [0.1, 0.15) is 36.8 Å². The van der Waals surface area contributed by atoms with Crippen molar-refractivity contribution in [3.05, 3.63) is 35.4 Å². The molecule has 2 aliphatic rings. The summed E-state index contributed by atoms with van der Waals surface area (Å²) in [5, 5.41) is 0. The highest BCUT2D eigenvalue weighted by molar-refractivity contribution is 7.88. The number of benzene rings is 1. The minimum atomic E-state index is -3.27. The molecule has 0 spiro atoms. The maximum Gasteiger partial charge on any atom is 0.218 e. The predicted octanol–water partition coefficient (Wildman–Crippen LogP) is 2.47. The maximum absolute atomic E-state index is 12.8. The fraction of sp³-hybridized carbons (Fsp3) is 0.625. The van der Waals surface area contributed by atoms with E-state index in [2.05, 4.69) is 0 Å². The Morgan fingerprint density at radius 2 is 1.90 bits per heavy atom. The molecular weight excluding hydrogens is 286 g/mol. The Kier molecular flexibility index (Phi) is 4.33. The van der Waals surface area contributed by atoms with Gasteiger partial charge in [0.2, 0.25) is 10.0 Å². The number of fused-ring (bicyclic) bond motifs is 1. The molecule has 0 N–H and O–H groups in total. The van der Waals surface area contributed by atoms with E-state index in [4.69, 9.17) is 4.74 Å². The van der Waals surface area contributed by atoms with Gasteiger partial charge in [-0.05, 0) is 25.3 Å². The average molecular weight is 309 g/mol. The molecule has 3 rings (SSSR count). The molecule has 2 fully saturated rings. The molecule has 5 heteroatoms. The highest BCUT2D eigenvalue weighted by atomic mass is 32.2. The minimum Gasteiger partial charge on any atom is -0.375 e. The lowest BCUT2D eigenvalue weighted by atomic mass is 9.91. The van der Waals surface area contributed by atoms with Gasteiger partial charge in [-0.15, -0.1) is 0 Å². The number of rotatable bonds is 3. The summed E-state index contributed by atoms with van der Waals surface area (Å²) in [6.45, 7) is 3.02. The number of morpholine rings is 1. The van der Waals surface area contributed by atoms with Crippen LogP contribution < -0.4 is 0 Å². The normalized spacial score (nSPS) is 27.3. The zero-order valence-corrected chi connectivity index (χ0v) is 13.3. The van der Waals surface area contributed by atoms with Crippen LogP contribution in [-0.4, -0.2) is 38.0 Å². The molecule has 0 radical (unpaired) electrons. The molecule has 0 bridgehead atoms. The van der Waals surface area contributed by atoms with Crippen molar-refractivity contribution in [2.45, 2.75) is 50.5 Å². The van der Waals surface area contributed by atoms with Crippen molar-refractivity contribution >= 4 is 10.0 Å². The molecule has 1 saturated carbocycles. The third kappa shape index (κ3) is 3.30. The Labute approximate surface area is 127 Å². The number of hydrogen-bond donors (Lipinski definition) is 0. The van der Waals surface area contributed by atoms with Crippen molar-refractivity contribution in [2.75, 3.05) is 13.2 Å². The Morgan fingerprint density at radius 3 is 2.67 bits per heavy atom. The van der Waals surface area contributed by atoms with Crippen molar-refractivity contribution in [2.24, 2.45) is 0 Å². The van der Waals surface area contributed by atoms with Crippen LogP contribution in [0.15, 0.2) is 24.3 Å². The third-order valence-corrected chi connectivity index (χ3v) is 6.37. The molecule has 116 valence electrons. The predicted molar refractivity (Wildman–Crippen MR) is 82.5 cm³/mol. The minimum absolute atomic E-state index is 0.0444. The lowest BCUT2D eigenvalue weighted by Crippen LogP contribution is -2.54. The molecule has 2 atom stereocenters. The number of aryl methyl sites for hydroxylation is 1. The molecule has 1 saturated heterocycles. The molecule has 1 aromatic rings. The molecule has 4 nitrogen and oxygen atoms in total. The van der Waals surface area contributed by atoms with E-state index < -0.39 is 10.0 Å². The van der Waals surface area contributed by atoms with Crippen LogP contribution in [0.25, 0.3) is 0 Å². The van der Waals surface area contributed by atoms with Gasteiger partial charge >= 0.3 is 0 Å². The Balaban J connectivity index is 1.78. The highest BCUT2D eigenvalue weighted by Gasteiger charge is 2.40. The van der Waals surface area contributed by atoms with Gasteiger partial charge in [0.05, 0.1) is 24.5 Å². The second kappa shape index (κ2) is 6.07. The first kappa shape index (κ1) is 15.0. The SMILES string of the molecule is Cc1ccc(CS(=O)(=O)N2CCOC3CCCCC32)cc1. The van der Waals surface area contributed by atoms with Gasteiger partial charge < -0.3 is 4.74 Å².